The molecule has 0 saturated carbocycles. The van der Waals surface area contributed by atoms with Crippen LogP contribution in [-0.2, 0) is 5.41 Å². The normalized spacial score (nSPS) is 26.3. The van der Waals surface area contributed by atoms with Gasteiger partial charge in [0, 0.05) is 12.6 Å². The Kier molecular flexibility index (Phi) is 3.74. The van der Waals surface area contributed by atoms with Crippen LogP contribution >= 0.6 is 0 Å². The SMILES string of the molecule is CN1CCC(N)C(C(C)(C)c2ccc(F)cc2)C1. The van der Waals surface area contributed by atoms with Crippen LogP contribution in [0.2, 0.25) is 0 Å². The van der Waals surface area contributed by atoms with Gasteiger partial charge in [-0.15, -0.1) is 0 Å². The van der Waals surface area contributed by atoms with Crippen LogP contribution in [0, 0.1) is 11.7 Å². The number of piperidine rings is 1. The standard InChI is InChI=1S/C15H23FN2/c1-15(2,11-4-6-12(16)7-5-11)13-10-18(3)9-8-14(13)17/h4-7,13-14H,8-10,17H2,1-3H3. The highest BCUT2D eigenvalue weighted by Gasteiger charge is 2.38. The molecule has 1 aromatic carbocycles. The van der Waals surface area contributed by atoms with Crippen LogP contribution in [0.25, 0.3) is 0 Å². The van der Waals surface area contributed by atoms with E-state index in [1.54, 1.807) is 0 Å². The van der Waals surface area contributed by atoms with Gasteiger partial charge >= 0.3 is 0 Å². The Hall–Kier alpha value is -0.930. The van der Waals surface area contributed by atoms with Crippen LogP contribution in [0.3, 0.4) is 0 Å². The number of hydrogen-bond acceptors (Lipinski definition) is 2. The van der Waals surface area contributed by atoms with Crippen LogP contribution in [0.4, 0.5) is 4.39 Å². The molecule has 2 nitrogen and oxygen atoms in total. The molecule has 0 aliphatic carbocycles. The number of rotatable bonds is 2. The molecule has 3 heteroatoms. The second-order valence-electron chi connectivity index (χ2n) is 6.05. The molecule has 18 heavy (non-hydrogen) atoms. The highest BCUT2D eigenvalue weighted by Crippen LogP contribution is 2.36. The molecule has 1 heterocycles. The van der Waals surface area contributed by atoms with Gasteiger partial charge in [0.25, 0.3) is 0 Å². The van der Waals surface area contributed by atoms with Crippen LogP contribution in [0.1, 0.15) is 25.8 Å². The smallest absolute Gasteiger partial charge is 0.123 e. The summed E-state index contributed by atoms with van der Waals surface area (Å²) in [4.78, 5) is 2.33. The van der Waals surface area contributed by atoms with Crippen LogP contribution in [0.15, 0.2) is 24.3 Å². The summed E-state index contributed by atoms with van der Waals surface area (Å²) in [6.45, 7) is 6.50. The molecule has 0 spiro atoms. The molecule has 100 valence electrons. The van der Waals surface area contributed by atoms with Gasteiger partial charge in [0.1, 0.15) is 5.82 Å². The van der Waals surface area contributed by atoms with Gasteiger partial charge in [0.05, 0.1) is 0 Å². The van der Waals surface area contributed by atoms with Gasteiger partial charge < -0.3 is 10.6 Å². The molecule has 1 aromatic rings. The zero-order valence-corrected chi connectivity index (χ0v) is 11.5. The van der Waals surface area contributed by atoms with Crippen molar-refractivity contribution in [3.05, 3.63) is 35.6 Å². The fourth-order valence-electron chi connectivity index (χ4n) is 2.99. The maximum atomic E-state index is 13.0. The molecular weight excluding hydrogens is 227 g/mol. The zero-order valence-electron chi connectivity index (χ0n) is 11.5. The highest BCUT2D eigenvalue weighted by atomic mass is 19.1. The first-order valence-electron chi connectivity index (χ1n) is 6.61. The van der Waals surface area contributed by atoms with Crippen molar-refractivity contribution in [3.63, 3.8) is 0 Å². The first kappa shape index (κ1) is 13.5. The molecule has 0 amide bonds. The van der Waals surface area contributed by atoms with Gasteiger partial charge in [-0.05, 0) is 49.0 Å². The Bertz CT molecular complexity index is 399. The Labute approximate surface area is 109 Å². The highest BCUT2D eigenvalue weighted by molar-refractivity contribution is 5.26. The summed E-state index contributed by atoms with van der Waals surface area (Å²) in [7, 11) is 2.14. The number of halogens is 1. The number of likely N-dealkylation sites (tertiary alicyclic amines) is 1. The van der Waals surface area contributed by atoms with Crippen molar-refractivity contribution < 1.29 is 4.39 Å². The summed E-state index contributed by atoms with van der Waals surface area (Å²) in [6, 6.07) is 7.07. The van der Waals surface area contributed by atoms with Crippen molar-refractivity contribution in [1.82, 2.24) is 4.90 Å². The third-order valence-electron chi connectivity index (χ3n) is 4.38. The Morgan fingerprint density at radius 1 is 1.28 bits per heavy atom. The average molecular weight is 250 g/mol. The second kappa shape index (κ2) is 4.98. The van der Waals surface area contributed by atoms with Crippen molar-refractivity contribution in [3.8, 4) is 0 Å². The zero-order chi connectivity index (χ0) is 13.3. The van der Waals surface area contributed by atoms with Gasteiger partial charge in [0.2, 0.25) is 0 Å². The fraction of sp³-hybridized carbons (Fsp3) is 0.600. The molecule has 2 atom stereocenters. The molecule has 1 saturated heterocycles. The molecule has 0 bridgehead atoms. The molecule has 1 fully saturated rings. The van der Waals surface area contributed by atoms with E-state index in [2.05, 4.69) is 25.8 Å². The van der Waals surface area contributed by atoms with E-state index < -0.39 is 0 Å². The summed E-state index contributed by atoms with van der Waals surface area (Å²) in [5.41, 5.74) is 7.43. The molecule has 2 N–H and O–H groups in total. The van der Waals surface area contributed by atoms with Gasteiger partial charge in [-0.2, -0.15) is 0 Å². The predicted molar refractivity (Wildman–Crippen MR) is 73.0 cm³/mol. The first-order valence-corrected chi connectivity index (χ1v) is 6.61. The Balaban J connectivity index is 2.26. The number of benzene rings is 1. The minimum absolute atomic E-state index is 0.0260. The quantitative estimate of drug-likeness (QED) is 0.873. The Morgan fingerprint density at radius 2 is 1.89 bits per heavy atom. The van der Waals surface area contributed by atoms with Crippen molar-refractivity contribution in [1.29, 1.82) is 0 Å². The third kappa shape index (κ3) is 2.57. The average Bonchev–Trinajstić information content (AvgIpc) is 2.32. The van der Waals surface area contributed by atoms with E-state index in [0.717, 1.165) is 19.5 Å². The van der Waals surface area contributed by atoms with E-state index in [4.69, 9.17) is 5.73 Å². The van der Waals surface area contributed by atoms with Gasteiger partial charge in [-0.3, -0.25) is 0 Å². The molecule has 0 aromatic heterocycles. The van der Waals surface area contributed by atoms with E-state index in [-0.39, 0.29) is 17.3 Å². The lowest BCUT2D eigenvalue weighted by Gasteiger charge is -2.44. The van der Waals surface area contributed by atoms with Crippen LogP contribution in [0.5, 0.6) is 0 Å². The van der Waals surface area contributed by atoms with Crippen LogP contribution < -0.4 is 5.73 Å². The maximum Gasteiger partial charge on any atom is 0.123 e. The minimum Gasteiger partial charge on any atom is -0.327 e. The summed E-state index contributed by atoms with van der Waals surface area (Å²) in [5.74, 6) is 0.223. The topological polar surface area (TPSA) is 29.3 Å². The first-order chi connectivity index (χ1) is 8.41. The van der Waals surface area contributed by atoms with Crippen LogP contribution in [-0.4, -0.2) is 31.1 Å². The van der Waals surface area contributed by atoms with Crippen molar-refractivity contribution in [2.24, 2.45) is 11.7 Å². The lowest BCUT2D eigenvalue weighted by Crippen LogP contribution is -2.52. The molecular formula is C15H23FN2. The van der Waals surface area contributed by atoms with Crippen molar-refractivity contribution >= 4 is 0 Å². The molecule has 1 aliphatic rings. The Morgan fingerprint density at radius 3 is 2.50 bits per heavy atom. The third-order valence-corrected chi connectivity index (χ3v) is 4.38. The molecule has 2 rings (SSSR count). The summed E-state index contributed by atoms with van der Waals surface area (Å²) < 4.78 is 13.0. The number of nitrogens with two attached hydrogens (primary N) is 1. The summed E-state index contributed by atoms with van der Waals surface area (Å²) in [5, 5.41) is 0. The number of hydrogen-bond donors (Lipinski definition) is 1. The van der Waals surface area contributed by atoms with Crippen molar-refractivity contribution in [2.45, 2.75) is 31.7 Å². The lowest BCUT2D eigenvalue weighted by molar-refractivity contribution is 0.129. The van der Waals surface area contributed by atoms with E-state index in [1.165, 1.54) is 17.7 Å². The van der Waals surface area contributed by atoms with E-state index >= 15 is 0 Å². The van der Waals surface area contributed by atoms with Gasteiger partial charge in [0.15, 0.2) is 0 Å². The maximum absolute atomic E-state index is 13.0. The molecule has 0 radical (unpaired) electrons. The monoisotopic (exact) mass is 250 g/mol. The number of nitrogens with zero attached hydrogens (tertiary/aromatic N) is 1. The molecule has 2 unspecified atom stereocenters. The summed E-state index contributed by atoms with van der Waals surface area (Å²) in [6.07, 6.45) is 1.03. The second-order valence-corrected chi connectivity index (χ2v) is 6.05. The van der Waals surface area contributed by atoms with E-state index in [1.807, 2.05) is 12.1 Å². The van der Waals surface area contributed by atoms with Gasteiger partial charge in [-0.25, -0.2) is 4.39 Å². The predicted octanol–water partition coefficient (Wildman–Crippen LogP) is 2.38. The minimum atomic E-state index is -0.181. The van der Waals surface area contributed by atoms with Gasteiger partial charge in [-0.1, -0.05) is 26.0 Å². The van der Waals surface area contributed by atoms with Crippen molar-refractivity contribution in [2.75, 3.05) is 20.1 Å². The van der Waals surface area contributed by atoms with E-state index in [0.29, 0.717) is 5.92 Å². The van der Waals surface area contributed by atoms with E-state index in [9.17, 15) is 4.39 Å². The summed E-state index contributed by atoms with van der Waals surface area (Å²) >= 11 is 0. The molecule has 1 aliphatic heterocycles. The fourth-order valence-corrected chi connectivity index (χ4v) is 2.99. The largest absolute Gasteiger partial charge is 0.327 e. The lowest BCUT2D eigenvalue weighted by atomic mass is 9.68.